The molecule has 0 spiro atoms. The number of halogens is 1. The summed E-state index contributed by atoms with van der Waals surface area (Å²) in [6.45, 7) is 6.68. The Morgan fingerprint density at radius 1 is 1.45 bits per heavy atom. The molecule has 0 atom stereocenters. The summed E-state index contributed by atoms with van der Waals surface area (Å²) in [5, 5.41) is 2.78. The van der Waals surface area contributed by atoms with Crippen LogP contribution in [0.4, 0.5) is 0 Å². The topological polar surface area (TPSA) is 54.3 Å². The number of hydrogen-bond acceptors (Lipinski definition) is 2. The molecule has 0 saturated heterocycles. The predicted molar refractivity (Wildman–Crippen MR) is 82.7 cm³/mol. The number of carbonyl (C=O) groups excluding carboxylic acids is 2. The van der Waals surface area contributed by atoms with Crippen LogP contribution in [0.1, 0.15) is 37.7 Å². The summed E-state index contributed by atoms with van der Waals surface area (Å²) < 4.78 is 2.78. The van der Waals surface area contributed by atoms with Gasteiger partial charge in [0.2, 0.25) is 5.91 Å². The van der Waals surface area contributed by atoms with E-state index in [1.165, 1.54) is 4.90 Å². The van der Waals surface area contributed by atoms with E-state index in [2.05, 4.69) is 28.2 Å². The molecule has 0 bridgehead atoms. The van der Waals surface area contributed by atoms with Crippen molar-refractivity contribution in [3.05, 3.63) is 22.4 Å². The number of aromatic nitrogens is 1. The smallest absolute Gasteiger partial charge is 0.270 e. The van der Waals surface area contributed by atoms with E-state index in [1.54, 1.807) is 13.1 Å². The van der Waals surface area contributed by atoms with Gasteiger partial charge in [0.1, 0.15) is 5.69 Å². The summed E-state index contributed by atoms with van der Waals surface area (Å²) in [5.74, 6) is -0.299. The lowest BCUT2D eigenvalue weighted by atomic mass is 10.3. The second-order valence-corrected chi connectivity index (χ2v) is 6.04. The van der Waals surface area contributed by atoms with Crippen LogP contribution in [-0.2, 0) is 11.3 Å². The number of amides is 2. The molecule has 0 aliphatic rings. The fourth-order valence-electron chi connectivity index (χ4n) is 1.93. The number of nitrogens with one attached hydrogen (secondary N) is 1. The molecule has 1 aromatic heterocycles. The summed E-state index contributed by atoms with van der Waals surface area (Å²) in [6.07, 6.45) is 2.83. The van der Waals surface area contributed by atoms with E-state index in [0.717, 1.165) is 17.4 Å². The first kappa shape index (κ1) is 16.8. The highest BCUT2D eigenvalue weighted by atomic mass is 79.9. The van der Waals surface area contributed by atoms with Crippen LogP contribution in [0.2, 0.25) is 0 Å². The number of carbonyl (C=O) groups is 2. The van der Waals surface area contributed by atoms with E-state index in [1.807, 2.05) is 24.6 Å². The third kappa shape index (κ3) is 4.67. The number of nitrogens with zero attached hydrogens (tertiary/aromatic N) is 2. The lowest BCUT2D eigenvalue weighted by Crippen LogP contribution is -2.41. The van der Waals surface area contributed by atoms with E-state index in [-0.39, 0.29) is 24.4 Å². The fourth-order valence-corrected chi connectivity index (χ4v) is 2.39. The molecule has 0 aromatic carbocycles. The molecule has 5 nitrogen and oxygen atoms in total. The van der Waals surface area contributed by atoms with Gasteiger partial charge in [-0.2, -0.15) is 0 Å². The van der Waals surface area contributed by atoms with Crippen LogP contribution in [0.25, 0.3) is 0 Å². The van der Waals surface area contributed by atoms with Gasteiger partial charge in [-0.05, 0) is 42.3 Å². The molecule has 1 rings (SSSR count). The van der Waals surface area contributed by atoms with Gasteiger partial charge in [-0.15, -0.1) is 0 Å². The van der Waals surface area contributed by atoms with E-state index in [4.69, 9.17) is 0 Å². The molecule has 0 radical (unpaired) electrons. The van der Waals surface area contributed by atoms with Gasteiger partial charge in [0.25, 0.3) is 5.91 Å². The normalized spacial score (nSPS) is 10.7. The van der Waals surface area contributed by atoms with Crippen LogP contribution in [0, 0.1) is 0 Å². The molecular weight excluding hydrogens is 322 g/mol. The number of likely N-dealkylation sites (N-methyl/N-ethyl adjacent to an activating group) is 1. The van der Waals surface area contributed by atoms with Crippen LogP contribution in [-0.4, -0.2) is 40.9 Å². The first-order valence-corrected chi connectivity index (χ1v) is 7.55. The van der Waals surface area contributed by atoms with E-state index in [9.17, 15) is 9.59 Å². The van der Waals surface area contributed by atoms with Crippen molar-refractivity contribution >= 4 is 27.7 Å². The van der Waals surface area contributed by atoms with Crippen molar-refractivity contribution in [1.82, 2.24) is 14.8 Å². The van der Waals surface area contributed by atoms with E-state index in [0.29, 0.717) is 5.69 Å². The third-order valence-corrected chi connectivity index (χ3v) is 3.16. The summed E-state index contributed by atoms with van der Waals surface area (Å²) in [6, 6.07) is 1.86. The molecule has 0 unspecified atom stereocenters. The monoisotopic (exact) mass is 343 g/mol. The van der Waals surface area contributed by atoms with E-state index < -0.39 is 0 Å². The zero-order valence-corrected chi connectivity index (χ0v) is 14.0. The summed E-state index contributed by atoms with van der Waals surface area (Å²) in [7, 11) is 1.64. The van der Waals surface area contributed by atoms with Gasteiger partial charge in [0, 0.05) is 30.3 Å². The van der Waals surface area contributed by atoms with Crippen molar-refractivity contribution in [3.8, 4) is 0 Å². The average molecular weight is 344 g/mol. The quantitative estimate of drug-likeness (QED) is 0.861. The maximum atomic E-state index is 12.4. The number of aryl methyl sites for hydroxylation is 1. The van der Waals surface area contributed by atoms with Crippen LogP contribution >= 0.6 is 15.9 Å². The Morgan fingerprint density at radius 3 is 2.65 bits per heavy atom. The molecule has 0 aliphatic heterocycles. The van der Waals surface area contributed by atoms with Crippen molar-refractivity contribution in [2.75, 3.05) is 13.6 Å². The Labute approximate surface area is 128 Å². The Morgan fingerprint density at radius 2 is 2.10 bits per heavy atom. The molecule has 20 heavy (non-hydrogen) atoms. The molecule has 6 heteroatoms. The first-order valence-electron chi connectivity index (χ1n) is 6.75. The maximum absolute atomic E-state index is 12.4. The van der Waals surface area contributed by atoms with Gasteiger partial charge in [-0.1, -0.05) is 6.92 Å². The predicted octanol–water partition coefficient (Wildman–Crippen LogP) is 2.26. The molecule has 1 heterocycles. The molecule has 0 saturated carbocycles. The van der Waals surface area contributed by atoms with Gasteiger partial charge < -0.3 is 14.8 Å². The van der Waals surface area contributed by atoms with Crippen LogP contribution < -0.4 is 5.32 Å². The van der Waals surface area contributed by atoms with Crippen LogP contribution in [0.3, 0.4) is 0 Å². The Bertz CT molecular complexity index is 483. The largest absolute Gasteiger partial charge is 0.352 e. The third-order valence-electron chi connectivity index (χ3n) is 2.72. The Kier molecular flexibility index (Phi) is 6.26. The fraction of sp³-hybridized carbons (Fsp3) is 0.571. The first-order chi connectivity index (χ1) is 9.35. The number of rotatable bonds is 6. The zero-order valence-electron chi connectivity index (χ0n) is 12.4. The van der Waals surface area contributed by atoms with E-state index >= 15 is 0 Å². The SMILES string of the molecule is CCCn1cc(Br)cc1C(=O)N(C)CC(=O)NC(C)C. The van der Waals surface area contributed by atoms with Crippen molar-refractivity contribution in [1.29, 1.82) is 0 Å². The standard InChI is InChI=1S/C14H22BrN3O2/c1-5-6-18-8-11(15)7-12(18)14(20)17(4)9-13(19)16-10(2)3/h7-8,10H,5-6,9H2,1-4H3,(H,16,19). The lowest BCUT2D eigenvalue weighted by molar-refractivity contribution is -0.122. The minimum absolute atomic E-state index is 0.0614. The van der Waals surface area contributed by atoms with Crippen molar-refractivity contribution < 1.29 is 9.59 Å². The minimum atomic E-state index is -0.150. The molecule has 1 aromatic rings. The van der Waals surface area contributed by atoms with Crippen molar-refractivity contribution in [2.45, 2.75) is 39.8 Å². The minimum Gasteiger partial charge on any atom is -0.352 e. The molecular formula is C14H22BrN3O2. The van der Waals surface area contributed by atoms with Gasteiger partial charge in [-0.25, -0.2) is 0 Å². The summed E-state index contributed by atoms with van der Waals surface area (Å²) in [5.41, 5.74) is 0.596. The van der Waals surface area contributed by atoms with Crippen LogP contribution in [0.5, 0.6) is 0 Å². The van der Waals surface area contributed by atoms with Gasteiger partial charge in [0.05, 0.1) is 6.54 Å². The Balaban J connectivity index is 2.76. The summed E-state index contributed by atoms with van der Waals surface area (Å²) >= 11 is 3.38. The van der Waals surface area contributed by atoms with Gasteiger partial charge >= 0.3 is 0 Å². The summed E-state index contributed by atoms with van der Waals surface area (Å²) in [4.78, 5) is 25.5. The molecule has 0 fully saturated rings. The highest BCUT2D eigenvalue weighted by Crippen LogP contribution is 2.17. The molecule has 2 amide bonds. The van der Waals surface area contributed by atoms with Crippen molar-refractivity contribution in [2.24, 2.45) is 0 Å². The second kappa shape index (κ2) is 7.47. The zero-order chi connectivity index (χ0) is 15.3. The molecule has 1 N–H and O–H groups in total. The highest BCUT2D eigenvalue weighted by Gasteiger charge is 2.19. The average Bonchev–Trinajstić information content (AvgIpc) is 2.68. The lowest BCUT2D eigenvalue weighted by Gasteiger charge is -2.18. The molecule has 0 aliphatic carbocycles. The second-order valence-electron chi connectivity index (χ2n) is 5.12. The van der Waals surface area contributed by atoms with Gasteiger partial charge in [0.15, 0.2) is 0 Å². The number of hydrogen-bond donors (Lipinski definition) is 1. The Hall–Kier alpha value is -1.30. The van der Waals surface area contributed by atoms with Crippen molar-refractivity contribution in [3.63, 3.8) is 0 Å². The van der Waals surface area contributed by atoms with Crippen LogP contribution in [0.15, 0.2) is 16.7 Å². The highest BCUT2D eigenvalue weighted by molar-refractivity contribution is 9.10. The maximum Gasteiger partial charge on any atom is 0.270 e. The molecule has 112 valence electrons. The van der Waals surface area contributed by atoms with Gasteiger partial charge in [-0.3, -0.25) is 9.59 Å².